The molecule has 0 spiro atoms. The molecular weight excluding hydrogens is 422 g/mol. The summed E-state index contributed by atoms with van der Waals surface area (Å²) in [5.41, 5.74) is 3.55. The van der Waals surface area contributed by atoms with Crippen LogP contribution < -0.4 is 5.32 Å². The van der Waals surface area contributed by atoms with E-state index in [2.05, 4.69) is 74.6 Å². The number of amides is 1. The van der Waals surface area contributed by atoms with E-state index in [1.54, 1.807) is 6.26 Å². The Morgan fingerprint density at radius 2 is 1.79 bits per heavy atom. The molecule has 2 aromatic carbocycles. The number of hydrogen-bond acceptors (Lipinski definition) is 3. The minimum Gasteiger partial charge on any atom is -0.469 e. The van der Waals surface area contributed by atoms with Crippen molar-refractivity contribution in [3.63, 3.8) is 0 Å². The lowest BCUT2D eigenvalue weighted by Crippen LogP contribution is -2.37. The van der Waals surface area contributed by atoms with Crippen molar-refractivity contribution >= 4 is 5.91 Å². The predicted molar refractivity (Wildman–Crippen MR) is 136 cm³/mol. The van der Waals surface area contributed by atoms with Gasteiger partial charge in [-0.15, -0.1) is 0 Å². The Morgan fingerprint density at radius 1 is 1.03 bits per heavy atom. The molecule has 1 aliphatic rings. The molecule has 4 nitrogen and oxygen atoms in total. The summed E-state index contributed by atoms with van der Waals surface area (Å²) in [6.07, 6.45) is 4.97. The third-order valence-electron chi connectivity index (χ3n) is 7.06. The van der Waals surface area contributed by atoms with E-state index in [1.165, 1.54) is 16.7 Å². The van der Waals surface area contributed by atoms with Gasteiger partial charge in [0.25, 0.3) is 0 Å². The van der Waals surface area contributed by atoms with Gasteiger partial charge in [0.2, 0.25) is 5.91 Å². The van der Waals surface area contributed by atoms with Gasteiger partial charge in [-0.25, -0.2) is 0 Å². The average molecular weight is 460 g/mol. The van der Waals surface area contributed by atoms with E-state index in [4.69, 9.17) is 9.15 Å². The van der Waals surface area contributed by atoms with E-state index >= 15 is 0 Å². The Morgan fingerprint density at radius 3 is 2.47 bits per heavy atom. The third kappa shape index (κ3) is 6.38. The molecular formula is C30H37NO3. The van der Waals surface area contributed by atoms with Gasteiger partial charge in [-0.1, -0.05) is 60.2 Å². The second-order valence-corrected chi connectivity index (χ2v) is 10.2. The smallest absolute Gasteiger partial charge is 0.220 e. The maximum absolute atomic E-state index is 13.1. The second kappa shape index (κ2) is 11.1. The van der Waals surface area contributed by atoms with E-state index in [-0.39, 0.29) is 23.3 Å². The van der Waals surface area contributed by atoms with Crippen LogP contribution >= 0.6 is 0 Å². The van der Waals surface area contributed by atoms with E-state index in [0.29, 0.717) is 18.9 Å². The molecule has 0 bridgehead atoms. The highest BCUT2D eigenvalue weighted by Crippen LogP contribution is 2.40. The molecule has 2 heterocycles. The molecule has 3 aromatic rings. The Labute approximate surface area is 203 Å². The van der Waals surface area contributed by atoms with Crippen LogP contribution in [0.5, 0.6) is 0 Å². The quantitative estimate of drug-likeness (QED) is 0.392. The van der Waals surface area contributed by atoms with Crippen molar-refractivity contribution in [2.24, 2.45) is 5.92 Å². The number of rotatable bonds is 9. The van der Waals surface area contributed by atoms with Crippen molar-refractivity contribution in [2.75, 3.05) is 13.2 Å². The number of ether oxygens (including phenoxy) is 1. The normalized spacial score (nSPS) is 19.3. The van der Waals surface area contributed by atoms with Crippen molar-refractivity contribution in [3.05, 3.63) is 95.4 Å². The molecule has 3 atom stereocenters. The Kier molecular flexibility index (Phi) is 7.89. The third-order valence-corrected chi connectivity index (χ3v) is 7.06. The zero-order chi connectivity index (χ0) is 24.0. The maximum Gasteiger partial charge on any atom is 0.220 e. The molecule has 0 radical (unpaired) electrons. The van der Waals surface area contributed by atoms with Gasteiger partial charge in [-0.05, 0) is 75.1 Å². The van der Waals surface area contributed by atoms with Crippen molar-refractivity contribution in [1.29, 1.82) is 0 Å². The van der Waals surface area contributed by atoms with Crippen LogP contribution in [0, 0.1) is 12.8 Å². The van der Waals surface area contributed by atoms with Crippen LogP contribution in [0.2, 0.25) is 0 Å². The fourth-order valence-corrected chi connectivity index (χ4v) is 5.27. The summed E-state index contributed by atoms with van der Waals surface area (Å²) >= 11 is 0. The van der Waals surface area contributed by atoms with Crippen LogP contribution in [-0.4, -0.2) is 24.7 Å². The first kappa shape index (κ1) is 24.3. The summed E-state index contributed by atoms with van der Waals surface area (Å²) in [6.45, 7) is 7.76. The lowest BCUT2D eigenvalue weighted by atomic mass is 9.75. The predicted octanol–water partition coefficient (Wildman–Crippen LogP) is 6.61. The lowest BCUT2D eigenvalue weighted by molar-refractivity contribution is -0.123. The Hall–Kier alpha value is -2.85. The van der Waals surface area contributed by atoms with Gasteiger partial charge >= 0.3 is 0 Å². The molecule has 1 aromatic heterocycles. The molecule has 3 unspecified atom stereocenters. The number of furan rings is 1. The van der Waals surface area contributed by atoms with Gasteiger partial charge in [0.15, 0.2) is 0 Å². The molecule has 34 heavy (non-hydrogen) atoms. The summed E-state index contributed by atoms with van der Waals surface area (Å²) in [6, 6.07) is 23.0. The molecule has 0 aliphatic carbocycles. The fraction of sp³-hybridized carbons (Fsp3) is 0.433. The second-order valence-electron chi connectivity index (χ2n) is 10.2. The van der Waals surface area contributed by atoms with Crippen molar-refractivity contribution in [1.82, 2.24) is 5.32 Å². The van der Waals surface area contributed by atoms with E-state index < -0.39 is 0 Å². The molecule has 0 saturated carbocycles. The summed E-state index contributed by atoms with van der Waals surface area (Å²) in [4.78, 5) is 13.1. The number of aryl methyl sites for hydroxylation is 1. The minimum atomic E-state index is -0.142. The maximum atomic E-state index is 13.1. The lowest BCUT2D eigenvalue weighted by Gasteiger charge is -2.39. The number of carbonyl (C=O) groups is 1. The van der Waals surface area contributed by atoms with Crippen molar-refractivity contribution in [3.8, 4) is 0 Å². The van der Waals surface area contributed by atoms with E-state index in [9.17, 15) is 4.79 Å². The van der Waals surface area contributed by atoms with Crippen LogP contribution in [0.4, 0.5) is 0 Å². The van der Waals surface area contributed by atoms with E-state index in [1.807, 2.05) is 18.2 Å². The molecule has 1 amide bonds. The molecule has 180 valence electrons. The van der Waals surface area contributed by atoms with Gasteiger partial charge < -0.3 is 14.5 Å². The van der Waals surface area contributed by atoms with Crippen LogP contribution in [0.15, 0.2) is 77.4 Å². The molecule has 1 fully saturated rings. The summed E-state index contributed by atoms with van der Waals surface area (Å²) in [5.74, 6) is 1.80. The SMILES string of the molecule is Cc1ccc(C(CCNC(=O)CC(c2ccccc2)C2CCOC(C)(C)C2)c2ccco2)cc1. The highest BCUT2D eigenvalue weighted by atomic mass is 16.5. The minimum absolute atomic E-state index is 0.111. The number of nitrogens with one attached hydrogen (secondary N) is 1. The average Bonchev–Trinajstić information content (AvgIpc) is 3.36. The summed E-state index contributed by atoms with van der Waals surface area (Å²) in [5, 5.41) is 3.20. The molecule has 4 rings (SSSR count). The first-order valence-corrected chi connectivity index (χ1v) is 12.5. The van der Waals surface area contributed by atoms with Crippen molar-refractivity contribution < 1.29 is 13.9 Å². The number of carbonyl (C=O) groups excluding carboxylic acids is 1. The Balaban J connectivity index is 1.40. The van der Waals surface area contributed by atoms with Crippen LogP contribution in [0.1, 0.15) is 73.8 Å². The largest absolute Gasteiger partial charge is 0.469 e. The van der Waals surface area contributed by atoms with Crippen molar-refractivity contribution in [2.45, 2.75) is 63.9 Å². The first-order chi connectivity index (χ1) is 16.4. The van der Waals surface area contributed by atoms with Crippen LogP contribution in [0.3, 0.4) is 0 Å². The molecule has 1 aliphatic heterocycles. The van der Waals surface area contributed by atoms with Gasteiger partial charge in [0, 0.05) is 25.5 Å². The van der Waals surface area contributed by atoms with Crippen LogP contribution in [-0.2, 0) is 9.53 Å². The molecule has 1 N–H and O–H groups in total. The highest BCUT2D eigenvalue weighted by Gasteiger charge is 2.35. The van der Waals surface area contributed by atoms with Gasteiger partial charge in [0.05, 0.1) is 11.9 Å². The Bertz CT molecular complexity index is 1020. The van der Waals surface area contributed by atoms with Crippen LogP contribution in [0.25, 0.3) is 0 Å². The molecule has 4 heteroatoms. The molecule has 1 saturated heterocycles. The van der Waals surface area contributed by atoms with Gasteiger partial charge in [0.1, 0.15) is 5.76 Å². The van der Waals surface area contributed by atoms with E-state index in [0.717, 1.165) is 31.6 Å². The monoisotopic (exact) mass is 459 g/mol. The number of hydrogen-bond donors (Lipinski definition) is 1. The fourth-order valence-electron chi connectivity index (χ4n) is 5.27. The summed E-state index contributed by atoms with van der Waals surface area (Å²) < 4.78 is 11.7. The first-order valence-electron chi connectivity index (χ1n) is 12.5. The number of benzene rings is 2. The zero-order valence-electron chi connectivity index (χ0n) is 20.6. The summed E-state index contributed by atoms with van der Waals surface area (Å²) in [7, 11) is 0. The van der Waals surface area contributed by atoms with Gasteiger partial charge in [-0.2, -0.15) is 0 Å². The topological polar surface area (TPSA) is 51.5 Å². The zero-order valence-corrected chi connectivity index (χ0v) is 20.6. The highest BCUT2D eigenvalue weighted by molar-refractivity contribution is 5.77. The van der Waals surface area contributed by atoms with Gasteiger partial charge in [-0.3, -0.25) is 4.79 Å². The standard InChI is InChI=1S/C30H37NO3/c1-22-11-13-24(14-12-22)26(28-10-7-18-33-28)15-17-31-29(32)20-27(23-8-5-4-6-9-23)25-16-19-34-30(2,3)21-25/h4-14,18,25-27H,15-17,19-21H2,1-3H3,(H,31,32).